The van der Waals surface area contributed by atoms with Gasteiger partial charge in [0.05, 0.1) is 5.56 Å². The molecule has 2 rings (SSSR count). The number of rotatable bonds is 7. The quantitative estimate of drug-likeness (QED) is 0.450. The highest BCUT2D eigenvalue weighted by Crippen LogP contribution is 2.22. The molecule has 2 aromatic rings. The number of sulfone groups is 1. The zero-order chi connectivity index (χ0) is 23.6. The number of amides is 1. The molecular formula is C21H25BrN2O6S. The smallest absolute Gasteiger partial charge is 0.338 e. The number of carbonyl (C=O) groups excluding carboxylic acids is 3. The van der Waals surface area contributed by atoms with Crippen molar-refractivity contribution in [2.24, 2.45) is 0 Å². The molecule has 0 fully saturated rings. The highest BCUT2D eigenvalue weighted by molar-refractivity contribution is 9.10. The highest BCUT2D eigenvalue weighted by atomic mass is 79.9. The molecule has 0 atom stereocenters. The average Bonchev–Trinajstić information content (AvgIpc) is 2.99. The molecule has 1 aromatic carbocycles. The molecular weight excluding hydrogens is 488 g/mol. The second-order valence-electron chi connectivity index (χ2n) is 8.06. The molecule has 0 spiro atoms. The van der Waals surface area contributed by atoms with Gasteiger partial charge in [-0.15, -0.1) is 0 Å². The summed E-state index contributed by atoms with van der Waals surface area (Å²) in [6, 6.07) is 7.73. The van der Waals surface area contributed by atoms with Gasteiger partial charge in [-0.2, -0.15) is 0 Å². The monoisotopic (exact) mass is 512 g/mol. The van der Waals surface area contributed by atoms with E-state index in [0.717, 1.165) is 6.26 Å². The zero-order valence-corrected chi connectivity index (χ0v) is 20.4. The van der Waals surface area contributed by atoms with Crippen molar-refractivity contribution in [2.75, 3.05) is 17.4 Å². The van der Waals surface area contributed by atoms with Crippen LogP contribution in [0.1, 0.15) is 59.8 Å². The van der Waals surface area contributed by atoms with Crippen molar-refractivity contribution in [3.63, 3.8) is 0 Å². The Morgan fingerprint density at radius 3 is 2.26 bits per heavy atom. The number of ether oxygens (including phenoxy) is 1. The van der Waals surface area contributed by atoms with Crippen molar-refractivity contribution < 1.29 is 27.5 Å². The number of hydrogen-bond donors (Lipinski definition) is 1. The molecule has 0 bridgehead atoms. The third kappa shape index (κ3) is 7.03. The number of ketones is 1. The Hall–Kier alpha value is -2.46. The molecule has 1 N–H and O–H groups in total. The van der Waals surface area contributed by atoms with E-state index in [1.807, 2.05) is 6.92 Å². The maximum absolute atomic E-state index is 13.2. The SMILES string of the molecule is CCc1ccc(C(=O)c2cc(Br)cc(C(=O)OC(C)(C)C)c2)n1NC(=O)CS(C)(=O)=O. The fourth-order valence-corrected chi connectivity index (χ4v) is 3.82. The van der Waals surface area contributed by atoms with Crippen LogP contribution in [-0.2, 0) is 25.8 Å². The summed E-state index contributed by atoms with van der Waals surface area (Å²) in [4.78, 5) is 37.8. The van der Waals surface area contributed by atoms with Crippen molar-refractivity contribution >= 4 is 43.4 Å². The van der Waals surface area contributed by atoms with Crippen LogP contribution in [0.2, 0.25) is 0 Å². The second kappa shape index (κ2) is 9.35. The van der Waals surface area contributed by atoms with Gasteiger partial charge in [-0.05, 0) is 57.5 Å². The molecule has 0 saturated carbocycles. The molecule has 0 unspecified atom stereocenters. The van der Waals surface area contributed by atoms with Crippen LogP contribution in [0.5, 0.6) is 0 Å². The maximum Gasteiger partial charge on any atom is 0.338 e. The first kappa shape index (κ1) is 24.8. The van der Waals surface area contributed by atoms with E-state index < -0.39 is 38.9 Å². The summed E-state index contributed by atoms with van der Waals surface area (Å²) in [5.74, 6) is -2.49. The fraction of sp³-hybridized carbons (Fsp3) is 0.381. The van der Waals surface area contributed by atoms with Gasteiger partial charge in [0, 0.05) is 22.0 Å². The first-order chi connectivity index (χ1) is 14.2. The lowest BCUT2D eigenvalue weighted by atomic mass is 10.0. The molecule has 0 aliphatic rings. The summed E-state index contributed by atoms with van der Waals surface area (Å²) >= 11 is 3.31. The molecule has 0 aliphatic carbocycles. The van der Waals surface area contributed by atoms with Crippen LogP contribution in [0, 0.1) is 0 Å². The number of nitrogens with one attached hydrogen (secondary N) is 1. The van der Waals surface area contributed by atoms with Crippen LogP contribution in [0.15, 0.2) is 34.8 Å². The van der Waals surface area contributed by atoms with Crippen LogP contribution in [0.25, 0.3) is 0 Å². The van der Waals surface area contributed by atoms with Gasteiger partial charge in [0.1, 0.15) is 17.0 Å². The van der Waals surface area contributed by atoms with Gasteiger partial charge in [0.15, 0.2) is 9.84 Å². The minimum absolute atomic E-state index is 0.131. The molecule has 168 valence electrons. The van der Waals surface area contributed by atoms with Gasteiger partial charge < -0.3 is 4.74 Å². The normalized spacial score (nSPS) is 11.8. The third-order valence-corrected chi connectivity index (χ3v) is 5.23. The number of aromatic nitrogens is 1. The fourth-order valence-electron chi connectivity index (χ4n) is 2.78. The molecule has 8 nitrogen and oxygen atoms in total. The van der Waals surface area contributed by atoms with Crippen LogP contribution in [0.4, 0.5) is 0 Å². The lowest BCUT2D eigenvalue weighted by Crippen LogP contribution is -2.32. The predicted molar refractivity (Wildman–Crippen MR) is 121 cm³/mol. The number of halogens is 1. The predicted octanol–water partition coefficient (Wildman–Crippen LogP) is 3.11. The lowest BCUT2D eigenvalue weighted by molar-refractivity contribution is -0.114. The average molecular weight is 513 g/mol. The maximum atomic E-state index is 13.2. The van der Waals surface area contributed by atoms with Crippen LogP contribution < -0.4 is 5.43 Å². The molecule has 0 aliphatic heterocycles. The van der Waals surface area contributed by atoms with E-state index in [1.54, 1.807) is 39.0 Å². The van der Waals surface area contributed by atoms with E-state index in [0.29, 0.717) is 16.6 Å². The molecule has 1 heterocycles. The van der Waals surface area contributed by atoms with Crippen LogP contribution >= 0.6 is 15.9 Å². The second-order valence-corrected chi connectivity index (χ2v) is 11.1. The Balaban J connectivity index is 2.42. The number of nitrogens with zero attached hydrogens (tertiary/aromatic N) is 1. The summed E-state index contributed by atoms with van der Waals surface area (Å²) in [6.07, 6.45) is 1.45. The first-order valence-corrected chi connectivity index (χ1v) is 12.3. The number of benzene rings is 1. The molecule has 10 heteroatoms. The van der Waals surface area contributed by atoms with E-state index in [1.165, 1.54) is 16.8 Å². The number of esters is 1. The molecule has 0 saturated heterocycles. The lowest BCUT2D eigenvalue weighted by Gasteiger charge is -2.19. The summed E-state index contributed by atoms with van der Waals surface area (Å²) in [5.41, 5.74) is 2.93. The van der Waals surface area contributed by atoms with E-state index in [4.69, 9.17) is 4.74 Å². The molecule has 1 aromatic heterocycles. The van der Waals surface area contributed by atoms with Crippen LogP contribution in [0.3, 0.4) is 0 Å². The highest BCUT2D eigenvalue weighted by Gasteiger charge is 2.23. The Labute approximate surface area is 190 Å². The van der Waals surface area contributed by atoms with E-state index in [2.05, 4.69) is 21.4 Å². The van der Waals surface area contributed by atoms with Crippen molar-refractivity contribution in [2.45, 2.75) is 39.7 Å². The number of aryl methyl sites for hydroxylation is 1. The summed E-state index contributed by atoms with van der Waals surface area (Å²) in [5, 5.41) is 0. The minimum Gasteiger partial charge on any atom is -0.456 e. The topological polar surface area (TPSA) is 112 Å². The van der Waals surface area contributed by atoms with E-state index >= 15 is 0 Å². The Bertz CT molecular complexity index is 1130. The van der Waals surface area contributed by atoms with Gasteiger partial charge >= 0.3 is 5.97 Å². The van der Waals surface area contributed by atoms with Crippen molar-refractivity contribution in [1.82, 2.24) is 4.68 Å². The van der Waals surface area contributed by atoms with Gasteiger partial charge in [-0.1, -0.05) is 22.9 Å². The molecule has 1 amide bonds. The zero-order valence-electron chi connectivity index (χ0n) is 18.0. The van der Waals surface area contributed by atoms with Crippen molar-refractivity contribution in [3.8, 4) is 0 Å². The summed E-state index contributed by atoms with van der Waals surface area (Å²) in [6.45, 7) is 7.07. The van der Waals surface area contributed by atoms with E-state index in [-0.39, 0.29) is 16.8 Å². The summed E-state index contributed by atoms with van der Waals surface area (Å²) < 4.78 is 30.0. The van der Waals surface area contributed by atoms with Crippen LogP contribution in [-0.4, -0.2) is 48.4 Å². The largest absolute Gasteiger partial charge is 0.456 e. The standard InChI is InChI=1S/C21H25BrN2O6S/c1-6-16-7-8-17(24(16)23-18(25)12-31(5,28)29)19(26)13-9-14(11-15(22)10-13)20(27)30-21(2,3)4/h7-11H,6,12H2,1-5H3,(H,23,25). The van der Waals surface area contributed by atoms with Gasteiger partial charge in [-0.25, -0.2) is 13.2 Å². The van der Waals surface area contributed by atoms with Gasteiger partial charge in [-0.3, -0.25) is 19.7 Å². The minimum atomic E-state index is -3.54. The van der Waals surface area contributed by atoms with Gasteiger partial charge in [0.2, 0.25) is 5.78 Å². The molecule has 31 heavy (non-hydrogen) atoms. The van der Waals surface area contributed by atoms with Crippen molar-refractivity contribution in [3.05, 3.63) is 57.3 Å². The number of carbonyl (C=O) groups is 3. The molecule has 0 radical (unpaired) electrons. The van der Waals surface area contributed by atoms with E-state index in [9.17, 15) is 22.8 Å². The Morgan fingerprint density at radius 2 is 1.71 bits per heavy atom. The van der Waals surface area contributed by atoms with Gasteiger partial charge in [0.25, 0.3) is 5.91 Å². The Morgan fingerprint density at radius 1 is 1.10 bits per heavy atom. The van der Waals surface area contributed by atoms with Crippen molar-refractivity contribution in [1.29, 1.82) is 0 Å². The third-order valence-electron chi connectivity index (χ3n) is 3.98. The summed E-state index contributed by atoms with van der Waals surface area (Å²) in [7, 11) is -3.54. The number of hydrogen-bond acceptors (Lipinski definition) is 6. The Kier molecular flexibility index (Phi) is 7.48. The first-order valence-electron chi connectivity index (χ1n) is 9.47.